The second kappa shape index (κ2) is 9.35. The summed E-state index contributed by atoms with van der Waals surface area (Å²) < 4.78 is 6.42. The van der Waals surface area contributed by atoms with Crippen LogP contribution in [0.3, 0.4) is 0 Å². The monoisotopic (exact) mass is 447 g/mol. The van der Waals surface area contributed by atoms with Gasteiger partial charge in [0.05, 0.1) is 0 Å². The number of nitrogens with zero attached hydrogens (tertiary/aromatic N) is 1. The van der Waals surface area contributed by atoms with Crippen LogP contribution in [-0.4, -0.2) is 40.8 Å². The van der Waals surface area contributed by atoms with Crippen molar-refractivity contribution in [2.24, 2.45) is 0 Å². The molecule has 5 rings (SSSR count). The van der Waals surface area contributed by atoms with Gasteiger partial charge in [-0.1, -0.05) is 36.8 Å². The van der Waals surface area contributed by atoms with E-state index in [0.717, 1.165) is 37.1 Å². The maximum absolute atomic E-state index is 12.9. The third-order valence-electron chi connectivity index (χ3n) is 6.90. The summed E-state index contributed by atoms with van der Waals surface area (Å²) in [5, 5.41) is 6.01. The molecule has 2 N–H and O–H groups in total. The molecular formula is C26H29N3O4. The normalized spacial score (nSPS) is 25.0. The summed E-state index contributed by atoms with van der Waals surface area (Å²) >= 11 is 0. The van der Waals surface area contributed by atoms with Crippen molar-refractivity contribution in [1.29, 1.82) is 0 Å². The highest BCUT2D eigenvalue weighted by atomic mass is 16.5. The number of rotatable bonds is 6. The number of fused-ring (bicyclic) bond motifs is 1. The van der Waals surface area contributed by atoms with E-state index in [4.69, 9.17) is 4.74 Å². The van der Waals surface area contributed by atoms with E-state index in [-0.39, 0.29) is 30.4 Å². The SMILES string of the molecule is O=C1CCC(N2Cc3cc(O[C@@H]4CCCC[C@H]4NCc4ccccc4)ccc3C2=O)C(=O)N1. The molecule has 172 valence electrons. The Morgan fingerprint density at radius 1 is 1.00 bits per heavy atom. The van der Waals surface area contributed by atoms with Crippen LogP contribution >= 0.6 is 0 Å². The molecule has 0 aromatic heterocycles. The number of nitrogens with one attached hydrogen (secondary N) is 2. The van der Waals surface area contributed by atoms with Crippen LogP contribution in [0.4, 0.5) is 0 Å². The molecule has 1 aliphatic carbocycles. The van der Waals surface area contributed by atoms with E-state index in [0.29, 0.717) is 18.5 Å². The number of piperidine rings is 1. The Labute approximate surface area is 193 Å². The quantitative estimate of drug-likeness (QED) is 0.665. The van der Waals surface area contributed by atoms with Crippen LogP contribution in [0.5, 0.6) is 5.75 Å². The van der Waals surface area contributed by atoms with E-state index >= 15 is 0 Å². The van der Waals surface area contributed by atoms with Gasteiger partial charge in [0, 0.05) is 31.1 Å². The predicted octanol–water partition coefficient (Wildman–Crippen LogP) is 2.93. The van der Waals surface area contributed by atoms with Crippen LogP contribution in [0.2, 0.25) is 0 Å². The van der Waals surface area contributed by atoms with Gasteiger partial charge in [0.25, 0.3) is 5.91 Å². The van der Waals surface area contributed by atoms with E-state index in [2.05, 4.69) is 34.9 Å². The van der Waals surface area contributed by atoms with E-state index in [9.17, 15) is 14.4 Å². The molecule has 2 heterocycles. The molecule has 33 heavy (non-hydrogen) atoms. The fourth-order valence-electron chi connectivity index (χ4n) is 5.12. The van der Waals surface area contributed by atoms with Crippen molar-refractivity contribution in [3.05, 3.63) is 65.2 Å². The van der Waals surface area contributed by atoms with Crippen molar-refractivity contribution < 1.29 is 19.1 Å². The van der Waals surface area contributed by atoms with Crippen LogP contribution in [-0.2, 0) is 22.7 Å². The first-order valence-corrected chi connectivity index (χ1v) is 11.8. The highest BCUT2D eigenvalue weighted by molar-refractivity contribution is 6.05. The first-order valence-electron chi connectivity index (χ1n) is 11.8. The molecular weight excluding hydrogens is 418 g/mol. The average Bonchev–Trinajstić information content (AvgIpc) is 3.14. The van der Waals surface area contributed by atoms with Gasteiger partial charge in [0.2, 0.25) is 11.8 Å². The molecule has 0 radical (unpaired) electrons. The van der Waals surface area contributed by atoms with Gasteiger partial charge < -0.3 is 15.0 Å². The highest BCUT2D eigenvalue weighted by Gasteiger charge is 2.39. The second-order valence-electron chi connectivity index (χ2n) is 9.13. The number of imide groups is 1. The topological polar surface area (TPSA) is 87.7 Å². The number of hydrogen-bond acceptors (Lipinski definition) is 5. The Bertz CT molecular complexity index is 1050. The number of carbonyl (C=O) groups excluding carboxylic acids is 3. The van der Waals surface area contributed by atoms with Crippen LogP contribution in [0, 0.1) is 0 Å². The first-order chi connectivity index (χ1) is 16.1. The standard InChI is InChI=1S/C26H29N3O4/c30-24-13-12-22(25(31)28-24)29-16-18-14-19(10-11-20(18)26(29)32)33-23-9-5-4-8-21(23)27-15-17-6-2-1-3-7-17/h1-3,6-7,10-11,14,21-23,27H,4-5,8-9,12-13,15-16H2,(H,28,30,31)/t21-,22?,23-/m1/s1. The van der Waals surface area contributed by atoms with Gasteiger partial charge in [-0.3, -0.25) is 19.7 Å². The van der Waals surface area contributed by atoms with Crippen molar-refractivity contribution >= 4 is 17.7 Å². The van der Waals surface area contributed by atoms with Crippen molar-refractivity contribution in [1.82, 2.24) is 15.5 Å². The molecule has 1 unspecified atom stereocenters. The van der Waals surface area contributed by atoms with Crippen LogP contribution in [0.25, 0.3) is 0 Å². The molecule has 0 spiro atoms. The number of amides is 3. The van der Waals surface area contributed by atoms with Gasteiger partial charge >= 0.3 is 0 Å². The Hall–Kier alpha value is -3.19. The van der Waals surface area contributed by atoms with Crippen LogP contribution in [0.15, 0.2) is 48.5 Å². The lowest BCUT2D eigenvalue weighted by atomic mass is 9.92. The summed E-state index contributed by atoms with van der Waals surface area (Å²) in [7, 11) is 0. The molecule has 2 aromatic carbocycles. The molecule has 0 bridgehead atoms. The van der Waals surface area contributed by atoms with Gasteiger partial charge in [-0.2, -0.15) is 0 Å². The van der Waals surface area contributed by atoms with E-state index < -0.39 is 11.9 Å². The lowest BCUT2D eigenvalue weighted by molar-refractivity contribution is -0.136. The lowest BCUT2D eigenvalue weighted by Gasteiger charge is -2.33. The molecule has 1 saturated heterocycles. The average molecular weight is 448 g/mol. The van der Waals surface area contributed by atoms with Crippen molar-refractivity contribution in [2.45, 2.75) is 69.8 Å². The molecule has 2 fully saturated rings. The Morgan fingerprint density at radius 2 is 1.82 bits per heavy atom. The van der Waals surface area contributed by atoms with Gasteiger partial charge in [-0.15, -0.1) is 0 Å². The van der Waals surface area contributed by atoms with Crippen molar-refractivity contribution in [2.75, 3.05) is 0 Å². The molecule has 7 nitrogen and oxygen atoms in total. The number of hydrogen-bond donors (Lipinski definition) is 2. The van der Waals surface area contributed by atoms with Crippen LogP contribution < -0.4 is 15.4 Å². The van der Waals surface area contributed by atoms with Crippen LogP contribution in [0.1, 0.15) is 60.0 Å². The largest absolute Gasteiger partial charge is 0.489 e. The van der Waals surface area contributed by atoms with Crippen molar-refractivity contribution in [3.8, 4) is 5.75 Å². The third kappa shape index (κ3) is 4.64. The zero-order chi connectivity index (χ0) is 22.8. The fraction of sp³-hybridized carbons (Fsp3) is 0.423. The molecule has 3 aliphatic rings. The molecule has 2 aliphatic heterocycles. The number of ether oxygens (including phenoxy) is 1. The summed E-state index contributed by atoms with van der Waals surface area (Å²) in [4.78, 5) is 38.2. The smallest absolute Gasteiger partial charge is 0.255 e. The predicted molar refractivity (Wildman–Crippen MR) is 122 cm³/mol. The zero-order valence-electron chi connectivity index (χ0n) is 18.6. The third-order valence-corrected chi connectivity index (χ3v) is 6.90. The van der Waals surface area contributed by atoms with Crippen molar-refractivity contribution in [3.63, 3.8) is 0 Å². The lowest BCUT2D eigenvalue weighted by Crippen LogP contribution is -2.52. The number of benzene rings is 2. The van der Waals surface area contributed by atoms with E-state index in [1.54, 1.807) is 11.0 Å². The van der Waals surface area contributed by atoms with Gasteiger partial charge in [-0.05, 0) is 55.0 Å². The first kappa shape index (κ1) is 21.6. The fourth-order valence-corrected chi connectivity index (χ4v) is 5.12. The highest BCUT2D eigenvalue weighted by Crippen LogP contribution is 2.32. The molecule has 3 atom stereocenters. The summed E-state index contributed by atoms with van der Waals surface area (Å²) in [6.07, 6.45) is 5.08. The molecule has 1 saturated carbocycles. The van der Waals surface area contributed by atoms with Gasteiger partial charge in [-0.25, -0.2) is 0 Å². The second-order valence-corrected chi connectivity index (χ2v) is 9.13. The minimum Gasteiger partial charge on any atom is -0.489 e. The maximum atomic E-state index is 12.9. The summed E-state index contributed by atoms with van der Waals surface area (Å²) in [6, 6.07) is 15.6. The molecule has 3 amide bonds. The summed E-state index contributed by atoms with van der Waals surface area (Å²) in [6.45, 7) is 1.17. The summed E-state index contributed by atoms with van der Waals surface area (Å²) in [5.41, 5.74) is 2.73. The number of carbonyl (C=O) groups is 3. The Balaban J connectivity index is 1.25. The minimum atomic E-state index is -0.600. The Morgan fingerprint density at radius 3 is 2.64 bits per heavy atom. The van der Waals surface area contributed by atoms with Gasteiger partial charge in [0.1, 0.15) is 17.9 Å². The van der Waals surface area contributed by atoms with E-state index in [1.807, 2.05) is 18.2 Å². The van der Waals surface area contributed by atoms with E-state index in [1.165, 1.54) is 12.0 Å². The molecule has 7 heteroatoms. The van der Waals surface area contributed by atoms with Gasteiger partial charge in [0.15, 0.2) is 0 Å². The Kier molecular flexibility index (Phi) is 6.13. The zero-order valence-corrected chi connectivity index (χ0v) is 18.6. The minimum absolute atomic E-state index is 0.0730. The summed E-state index contributed by atoms with van der Waals surface area (Å²) in [5.74, 6) is -0.0753. The maximum Gasteiger partial charge on any atom is 0.255 e. The molecule has 2 aromatic rings.